The molecule has 0 bridgehead atoms. The van der Waals surface area contributed by atoms with E-state index in [0.717, 1.165) is 12.8 Å². The van der Waals surface area contributed by atoms with Gasteiger partial charge in [-0.15, -0.1) is 10.2 Å². The molecule has 1 unspecified atom stereocenters. The van der Waals surface area contributed by atoms with E-state index in [0.29, 0.717) is 18.2 Å². The van der Waals surface area contributed by atoms with Gasteiger partial charge in [0, 0.05) is 7.05 Å². The minimum atomic E-state index is -0.899. The third kappa shape index (κ3) is 3.64. The molecule has 1 atom stereocenters. The molecule has 2 rings (SSSR count). The normalized spacial score (nSPS) is 15.6. The van der Waals surface area contributed by atoms with Crippen molar-refractivity contribution in [2.75, 3.05) is 12.4 Å². The fourth-order valence-electron chi connectivity index (χ4n) is 1.75. The Morgan fingerprint density at radius 1 is 1.42 bits per heavy atom. The van der Waals surface area contributed by atoms with Crippen LogP contribution in [0.5, 0.6) is 0 Å². The molecule has 3 N–H and O–H groups in total. The Labute approximate surface area is 110 Å². The number of nitrogens with one attached hydrogen (secondary N) is 2. The first-order valence-corrected chi connectivity index (χ1v) is 6.15. The minimum absolute atomic E-state index is 0.196. The zero-order valence-corrected chi connectivity index (χ0v) is 10.6. The molecule has 19 heavy (non-hydrogen) atoms. The summed E-state index contributed by atoms with van der Waals surface area (Å²) >= 11 is 0. The maximum atomic E-state index is 11.3. The Balaban J connectivity index is 2.00. The largest absolute Gasteiger partial charge is 0.480 e. The van der Waals surface area contributed by atoms with Crippen molar-refractivity contribution >= 4 is 17.7 Å². The SMILES string of the molecule is CNC(=O)c1ccc(NC(CC2CC2)C(=O)O)nn1. The van der Waals surface area contributed by atoms with E-state index in [1.165, 1.54) is 13.1 Å². The highest BCUT2D eigenvalue weighted by atomic mass is 16.4. The van der Waals surface area contributed by atoms with E-state index in [2.05, 4.69) is 20.8 Å². The molecule has 7 nitrogen and oxygen atoms in total. The first-order valence-electron chi connectivity index (χ1n) is 6.15. The number of carbonyl (C=O) groups excluding carboxylic acids is 1. The second-order valence-corrected chi connectivity index (χ2v) is 4.60. The van der Waals surface area contributed by atoms with Gasteiger partial charge in [-0.2, -0.15) is 0 Å². The molecule has 1 aliphatic rings. The number of amides is 1. The zero-order chi connectivity index (χ0) is 13.8. The van der Waals surface area contributed by atoms with E-state index in [4.69, 9.17) is 5.11 Å². The number of aliphatic carboxylic acids is 1. The van der Waals surface area contributed by atoms with E-state index < -0.39 is 12.0 Å². The molecule has 102 valence electrons. The fraction of sp³-hybridized carbons (Fsp3) is 0.500. The lowest BCUT2D eigenvalue weighted by Crippen LogP contribution is -2.30. The standard InChI is InChI=1S/C12H16N4O3/c1-13-11(17)8-4-5-10(16-15-8)14-9(12(18)19)6-7-2-3-7/h4-5,7,9H,2-3,6H2,1H3,(H,13,17)(H,14,16)(H,18,19). The van der Waals surface area contributed by atoms with Crippen LogP contribution in [0.4, 0.5) is 5.82 Å². The molecule has 0 radical (unpaired) electrons. The van der Waals surface area contributed by atoms with E-state index in [1.54, 1.807) is 6.07 Å². The van der Waals surface area contributed by atoms with Crippen molar-refractivity contribution in [1.29, 1.82) is 0 Å². The average Bonchev–Trinajstić information content (AvgIpc) is 3.22. The van der Waals surface area contributed by atoms with Crippen LogP contribution in [0.2, 0.25) is 0 Å². The Hall–Kier alpha value is -2.18. The van der Waals surface area contributed by atoms with E-state index >= 15 is 0 Å². The first-order chi connectivity index (χ1) is 9.10. The van der Waals surface area contributed by atoms with E-state index in [9.17, 15) is 9.59 Å². The summed E-state index contributed by atoms with van der Waals surface area (Å²) < 4.78 is 0. The molecule has 1 saturated carbocycles. The predicted octanol–water partition coefficient (Wildman–Crippen LogP) is 0.501. The summed E-state index contributed by atoms with van der Waals surface area (Å²) in [7, 11) is 1.51. The van der Waals surface area contributed by atoms with Crippen molar-refractivity contribution in [1.82, 2.24) is 15.5 Å². The molecule has 7 heteroatoms. The lowest BCUT2D eigenvalue weighted by molar-refractivity contribution is -0.138. The number of hydrogen-bond donors (Lipinski definition) is 3. The van der Waals surface area contributed by atoms with E-state index in [-0.39, 0.29) is 11.6 Å². The van der Waals surface area contributed by atoms with Crippen LogP contribution >= 0.6 is 0 Å². The van der Waals surface area contributed by atoms with Gasteiger partial charge in [0.05, 0.1) is 0 Å². The average molecular weight is 264 g/mol. The first kappa shape index (κ1) is 13.3. The molecule has 0 spiro atoms. The number of hydrogen-bond acceptors (Lipinski definition) is 5. The summed E-state index contributed by atoms with van der Waals surface area (Å²) in [4.78, 5) is 22.4. The van der Waals surface area contributed by atoms with Crippen LogP contribution < -0.4 is 10.6 Å². The van der Waals surface area contributed by atoms with Crippen molar-refractivity contribution in [3.05, 3.63) is 17.8 Å². The quantitative estimate of drug-likeness (QED) is 0.691. The summed E-state index contributed by atoms with van der Waals surface area (Å²) in [6.07, 6.45) is 2.77. The molecular weight excluding hydrogens is 248 g/mol. The van der Waals surface area contributed by atoms with Crippen molar-refractivity contribution in [3.8, 4) is 0 Å². The Kier molecular flexibility index (Phi) is 3.94. The molecule has 1 amide bonds. The van der Waals surface area contributed by atoms with Crippen molar-refractivity contribution in [2.24, 2.45) is 5.92 Å². The monoisotopic (exact) mass is 264 g/mol. The number of aromatic nitrogens is 2. The third-order valence-electron chi connectivity index (χ3n) is 3.01. The molecule has 1 fully saturated rings. The number of carboxylic acids is 1. The van der Waals surface area contributed by atoms with Gasteiger partial charge in [0.25, 0.3) is 5.91 Å². The van der Waals surface area contributed by atoms with Crippen molar-refractivity contribution < 1.29 is 14.7 Å². The van der Waals surface area contributed by atoms with E-state index in [1.807, 2.05) is 0 Å². The summed E-state index contributed by atoms with van der Waals surface area (Å²) in [5.74, 6) is -0.372. The fourth-order valence-corrected chi connectivity index (χ4v) is 1.75. The number of carbonyl (C=O) groups is 2. The van der Waals surface area contributed by atoms with Crippen molar-refractivity contribution in [2.45, 2.75) is 25.3 Å². The summed E-state index contributed by atoms with van der Waals surface area (Å²) in [5.41, 5.74) is 0.196. The molecule has 1 aliphatic carbocycles. The van der Waals surface area contributed by atoms with Gasteiger partial charge < -0.3 is 15.7 Å². The second kappa shape index (κ2) is 5.64. The Morgan fingerprint density at radius 3 is 2.63 bits per heavy atom. The smallest absolute Gasteiger partial charge is 0.326 e. The van der Waals surface area contributed by atoms with Crippen molar-refractivity contribution in [3.63, 3.8) is 0 Å². The number of rotatable bonds is 6. The Morgan fingerprint density at radius 2 is 2.16 bits per heavy atom. The zero-order valence-electron chi connectivity index (χ0n) is 10.6. The van der Waals surface area contributed by atoms with Gasteiger partial charge in [-0.3, -0.25) is 4.79 Å². The van der Waals surface area contributed by atoms with Gasteiger partial charge >= 0.3 is 5.97 Å². The third-order valence-corrected chi connectivity index (χ3v) is 3.01. The summed E-state index contributed by atoms with van der Waals surface area (Å²) in [6.45, 7) is 0. The molecule has 0 saturated heterocycles. The minimum Gasteiger partial charge on any atom is -0.480 e. The van der Waals surface area contributed by atoms with Gasteiger partial charge in [-0.1, -0.05) is 12.8 Å². The predicted molar refractivity (Wildman–Crippen MR) is 67.8 cm³/mol. The van der Waals surface area contributed by atoms with Gasteiger partial charge in [-0.25, -0.2) is 4.79 Å². The summed E-state index contributed by atoms with van der Waals surface area (Å²) in [6, 6.07) is 2.40. The number of nitrogens with zero attached hydrogens (tertiary/aromatic N) is 2. The van der Waals surface area contributed by atoms with Crippen LogP contribution in [-0.2, 0) is 4.79 Å². The molecule has 0 aliphatic heterocycles. The van der Waals surface area contributed by atoms with Crippen LogP contribution in [0.3, 0.4) is 0 Å². The highest BCUT2D eigenvalue weighted by Crippen LogP contribution is 2.34. The van der Waals surface area contributed by atoms with Gasteiger partial charge in [0.1, 0.15) is 11.9 Å². The van der Waals surface area contributed by atoms with Crippen LogP contribution in [0.15, 0.2) is 12.1 Å². The molecule has 0 aromatic carbocycles. The topological polar surface area (TPSA) is 104 Å². The second-order valence-electron chi connectivity index (χ2n) is 4.60. The summed E-state index contributed by atoms with van der Waals surface area (Å²) in [5, 5.41) is 21.9. The Bertz CT molecular complexity index is 470. The lowest BCUT2D eigenvalue weighted by atomic mass is 10.1. The van der Waals surface area contributed by atoms with Gasteiger partial charge in [0.2, 0.25) is 0 Å². The molecule has 1 aromatic rings. The number of anilines is 1. The molecule has 1 heterocycles. The number of carboxylic acid groups (broad SMARTS) is 1. The highest BCUT2D eigenvalue weighted by Gasteiger charge is 2.29. The van der Waals surface area contributed by atoms with Crippen LogP contribution in [0, 0.1) is 5.92 Å². The highest BCUT2D eigenvalue weighted by molar-refractivity contribution is 5.91. The molecule has 1 aromatic heterocycles. The van der Waals surface area contributed by atoms with Crippen LogP contribution in [0.25, 0.3) is 0 Å². The maximum absolute atomic E-state index is 11.3. The van der Waals surface area contributed by atoms with Gasteiger partial charge in [0.15, 0.2) is 5.69 Å². The maximum Gasteiger partial charge on any atom is 0.326 e. The van der Waals surface area contributed by atoms with Gasteiger partial charge in [-0.05, 0) is 24.5 Å². The van der Waals surface area contributed by atoms with Crippen LogP contribution in [0.1, 0.15) is 29.8 Å². The molecular formula is C12H16N4O3. The van der Waals surface area contributed by atoms with Crippen LogP contribution in [-0.4, -0.2) is 40.3 Å². The lowest BCUT2D eigenvalue weighted by Gasteiger charge is -2.14.